The van der Waals surface area contributed by atoms with Gasteiger partial charge in [0.2, 0.25) is 0 Å². The van der Waals surface area contributed by atoms with Crippen LogP contribution in [0.5, 0.6) is 17.2 Å². The normalized spacial score (nSPS) is 11.9. The first kappa shape index (κ1) is 23.1. The monoisotopic (exact) mass is 437 g/mol. The molecule has 0 N–H and O–H groups in total. The third kappa shape index (κ3) is 5.98. The molecule has 0 aliphatic rings. The van der Waals surface area contributed by atoms with E-state index in [9.17, 15) is 0 Å². The number of aromatic nitrogens is 1. The van der Waals surface area contributed by atoms with E-state index in [-0.39, 0.29) is 11.2 Å². The lowest BCUT2D eigenvalue weighted by Crippen LogP contribution is -2.23. The van der Waals surface area contributed by atoms with Gasteiger partial charge in [0.15, 0.2) is 5.75 Å². The molecule has 0 fully saturated rings. The van der Waals surface area contributed by atoms with Crippen LogP contribution in [0.1, 0.15) is 41.5 Å². The Balaban J connectivity index is 2.17. The molecule has 164 valence electrons. The Kier molecular flexibility index (Phi) is 6.62. The lowest BCUT2D eigenvalue weighted by atomic mass is 9.95. The minimum absolute atomic E-state index is 0.278. The molecule has 1 atom stereocenters. The van der Waals surface area contributed by atoms with Crippen LogP contribution >= 0.6 is 9.24 Å². The Bertz CT molecular complexity index is 1060. The Morgan fingerprint density at radius 2 is 1.29 bits per heavy atom. The van der Waals surface area contributed by atoms with Gasteiger partial charge < -0.3 is 14.2 Å². The number of nitrogens with zero attached hydrogens (tertiary/aromatic N) is 1. The maximum Gasteiger partial charge on any atom is 0.152 e. The Hall–Kier alpha value is -2.58. The average molecular weight is 438 g/mol. The van der Waals surface area contributed by atoms with Crippen molar-refractivity contribution in [3.63, 3.8) is 0 Å². The fourth-order valence-electron chi connectivity index (χ4n) is 3.37. The summed E-state index contributed by atoms with van der Waals surface area (Å²) in [4.78, 5) is 4.56. The Morgan fingerprint density at radius 3 is 1.81 bits per heavy atom. The highest BCUT2D eigenvalue weighted by Gasteiger charge is 2.20. The first-order valence-corrected chi connectivity index (χ1v) is 11.0. The van der Waals surface area contributed by atoms with Gasteiger partial charge in [0.05, 0.1) is 12.5 Å². The zero-order valence-corrected chi connectivity index (χ0v) is 20.6. The third-order valence-corrected chi connectivity index (χ3v) is 4.79. The van der Waals surface area contributed by atoms with Crippen molar-refractivity contribution in [2.24, 2.45) is 0 Å². The first-order valence-electron chi connectivity index (χ1n) is 10.4. The van der Waals surface area contributed by atoms with E-state index in [1.54, 1.807) is 7.11 Å². The predicted molar refractivity (Wildman–Crippen MR) is 132 cm³/mol. The van der Waals surface area contributed by atoms with E-state index in [1.807, 2.05) is 84.1 Å². The summed E-state index contributed by atoms with van der Waals surface area (Å²) in [6.45, 7) is 12.2. The van der Waals surface area contributed by atoms with Crippen LogP contribution in [0, 0.1) is 0 Å². The van der Waals surface area contributed by atoms with Crippen LogP contribution in [0.3, 0.4) is 0 Å². The minimum atomic E-state index is -0.284. The van der Waals surface area contributed by atoms with Gasteiger partial charge in [-0.1, -0.05) is 33.5 Å². The lowest BCUT2D eigenvalue weighted by molar-refractivity contribution is 0.130. The van der Waals surface area contributed by atoms with Crippen LogP contribution in [0.15, 0.2) is 54.7 Å². The molecule has 1 heterocycles. The van der Waals surface area contributed by atoms with Crippen molar-refractivity contribution in [3.8, 4) is 39.5 Å². The van der Waals surface area contributed by atoms with Crippen molar-refractivity contribution in [1.29, 1.82) is 0 Å². The molecule has 3 aromatic rings. The van der Waals surface area contributed by atoms with Crippen molar-refractivity contribution < 1.29 is 14.2 Å². The number of methoxy groups -OCH3 is 1. The third-order valence-electron chi connectivity index (χ3n) is 4.38. The Labute approximate surface area is 188 Å². The number of hydrogen-bond donors (Lipinski definition) is 0. The largest absolute Gasteiger partial charge is 0.494 e. The highest BCUT2D eigenvalue weighted by molar-refractivity contribution is 7.27. The summed E-state index contributed by atoms with van der Waals surface area (Å²) in [7, 11) is 4.34. The standard InChI is InChI=1S/C26H32NO3P/c1-25(2,3)29-19-12-8-10-17(14-19)21-16-27-24(31)23(28-7)22(21)18-11-9-13-20(15-18)30-26(4,5)6/h8-16H,31H2,1-7H3. The van der Waals surface area contributed by atoms with E-state index < -0.39 is 0 Å². The summed E-state index contributed by atoms with van der Waals surface area (Å²) in [5.41, 5.74) is 4.14. The van der Waals surface area contributed by atoms with Crippen molar-refractivity contribution >= 4 is 14.7 Å². The first-order chi connectivity index (χ1) is 14.5. The van der Waals surface area contributed by atoms with Crippen LogP contribution < -0.4 is 19.6 Å². The van der Waals surface area contributed by atoms with Gasteiger partial charge in [0, 0.05) is 17.3 Å². The van der Waals surface area contributed by atoms with E-state index in [4.69, 9.17) is 14.2 Å². The smallest absolute Gasteiger partial charge is 0.152 e. The summed E-state index contributed by atoms with van der Waals surface area (Å²) < 4.78 is 18.0. The molecule has 31 heavy (non-hydrogen) atoms. The van der Waals surface area contributed by atoms with E-state index in [1.165, 1.54) is 0 Å². The highest BCUT2D eigenvalue weighted by atomic mass is 31.0. The second-order valence-electron chi connectivity index (χ2n) is 9.45. The molecule has 3 rings (SSSR count). The van der Waals surface area contributed by atoms with Crippen molar-refractivity contribution in [2.75, 3.05) is 7.11 Å². The van der Waals surface area contributed by atoms with E-state index in [0.29, 0.717) is 0 Å². The topological polar surface area (TPSA) is 40.6 Å². The van der Waals surface area contributed by atoms with Crippen LogP contribution in [0.25, 0.3) is 22.3 Å². The number of hydrogen-bond acceptors (Lipinski definition) is 4. The lowest BCUT2D eigenvalue weighted by Gasteiger charge is -2.23. The summed E-state index contributed by atoms with van der Waals surface area (Å²) in [5, 5.41) is 0. The molecule has 4 nitrogen and oxygen atoms in total. The predicted octanol–water partition coefficient (Wildman–Crippen LogP) is 6.28. The molecule has 2 aromatic carbocycles. The fourth-order valence-corrected chi connectivity index (χ4v) is 3.71. The second kappa shape index (κ2) is 8.88. The van der Waals surface area contributed by atoms with E-state index in [0.717, 1.165) is 44.9 Å². The van der Waals surface area contributed by atoms with Crippen molar-refractivity contribution in [1.82, 2.24) is 4.98 Å². The van der Waals surface area contributed by atoms with Crippen LogP contribution in [-0.2, 0) is 0 Å². The number of ether oxygens (including phenoxy) is 3. The summed E-state index contributed by atoms with van der Waals surface area (Å²) in [6, 6.07) is 16.2. The molecular weight excluding hydrogens is 405 g/mol. The molecule has 0 saturated carbocycles. The summed E-state index contributed by atoms with van der Waals surface area (Å²) >= 11 is 0. The van der Waals surface area contributed by atoms with Gasteiger partial charge in [-0.3, -0.25) is 4.98 Å². The van der Waals surface area contributed by atoms with Gasteiger partial charge in [-0.2, -0.15) is 0 Å². The molecule has 0 aliphatic carbocycles. The molecule has 0 spiro atoms. The fraction of sp³-hybridized carbons (Fsp3) is 0.346. The molecule has 0 radical (unpaired) electrons. The van der Waals surface area contributed by atoms with Gasteiger partial charge >= 0.3 is 0 Å². The van der Waals surface area contributed by atoms with Crippen LogP contribution in [0.2, 0.25) is 0 Å². The molecule has 1 aromatic heterocycles. The summed E-state index contributed by atoms with van der Waals surface area (Å²) in [5.74, 6) is 2.34. The highest BCUT2D eigenvalue weighted by Crippen LogP contribution is 2.40. The molecule has 0 saturated heterocycles. The Morgan fingerprint density at radius 1 is 0.774 bits per heavy atom. The zero-order valence-electron chi connectivity index (χ0n) is 19.4. The van der Waals surface area contributed by atoms with Crippen LogP contribution in [0.4, 0.5) is 0 Å². The minimum Gasteiger partial charge on any atom is -0.494 e. The average Bonchev–Trinajstić information content (AvgIpc) is 2.65. The molecule has 0 amide bonds. The SMILES string of the molecule is COc1c(P)ncc(-c2cccc(OC(C)(C)C)c2)c1-c1cccc(OC(C)(C)C)c1. The zero-order chi connectivity index (χ0) is 22.8. The number of pyridine rings is 1. The maximum absolute atomic E-state index is 6.11. The van der Waals surface area contributed by atoms with Gasteiger partial charge in [0.25, 0.3) is 0 Å². The van der Waals surface area contributed by atoms with E-state index in [2.05, 4.69) is 26.4 Å². The van der Waals surface area contributed by atoms with Crippen molar-refractivity contribution in [3.05, 3.63) is 54.7 Å². The second-order valence-corrected chi connectivity index (χ2v) is 10.00. The van der Waals surface area contributed by atoms with Gasteiger partial charge in [0.1, 0.15) is 22.7 Å². The van der Waals surface area contributed by atoms with Crippen LogP contribution in [-0.4, -0.2) is 23.3 Å². The molecular formula is C26H32NO3P. The molecule has 0 aliphatic heterocycles. The molecule has 1 unspecified atom stereocenters. The number of rotatable bonds is 5. The van der Waals surface area contributed by atoms with Gasteiger partial charge in [-0.05, 0) is 76.9 Å². The van der Waals surface area contributed by atoms with Gasteiger partial charge in [-0.25, -0.2) is 0 Å². The quantitative estimate of drug-likeness (QED) is 0.441. The maximum atomic E-state index is 6.11. The summed E-state index contributed by atoms with van der Waals surface area (Å²) in [6.07, 6.45) is 1.88. The van der Waals surface area contributed by atoms with Gasteiger partial charge in [-0.15, -0.1) is 0 Å². The number of benzene rings is 2. The molecule has 5 heteroatoms. The molecule has 0 bridgehead atoms. The van der Waals surface area contributed by atoms with E-state index >= 15 is 0 Å². The van der Waals surface area contributed by atoms with Crippen molar-refractivity contribution in [2.45, 2.75) is 52.7 Å².